The fraction of sp³-hybridized carbons (Fsp3) is 0.346. The summed E-state index contributed by atoms with van der Waals surface area (Å²) in [6, 6.07) is 6.66. The highest BCUT2D eigenvalue weighted by Crippen LogP contribution is 2.38. The smallest absolute Gasteiger partial charge is 0.332 e. The Bertz CT molecular complexity index is 1640. The maximum Gasteiger partial charge on any atom is 0.332 e. The molecule has 0 spiro atoms. The number of benzene rings is 1. The van der Waals surface area contributed by atoms with Crippen LogP contribution in [-0.4, -0.2) is 50.5 Å². The van der Waals surface area contributed by atoms with Crippen LogP contribution in [0.25, 0.3) is 11.2 Å². The number of unbranched alkanes of at least 4 members (excludes halogenated alkanes) is 1. The highest BCUT2D eigenvalue weighted by atomic mass is 79.9. The summed E-state index contributed by atoms with van der Waals surface area (Å²) < 4.78 is 22.2. The molecule has 0 N–H and O–H groups in total. The predicted octanol–water partition coefficient (Wildman–Crippen LogP) is 2.06. The van der Waals surface area contributed by atoms with Crippen molar-refractivity contribution in [3.63, 3.8) is 0 Å². The van der Waals surface area contributed by atoms with Crippen LogP contribution >= 0.6 is 17.0 Å². The maximum atomic E-state index is 12.8. The van der Waals surface area contributed by atoms with Crippen LogP contribution in [0.3, 0.4) is 0 Å². The number of hydrogen-bond acceptors (Lipinski definition) is 7. The van der Waals surface area contributed by atoms with Crippen LogP contribution in [0.2, 0.25) is 0 Å². The van der Waals surface area contributed by atoms with Gasteiger partial charge in [-0.15, -0.1) is 17.0 Å². The number of amides is 1. The molecule has 0 atom stereocenters. The highest BCUT2D eigenvalue weighted by Gasteiger charge is 2.17. The van der Waals surface area contributed by atoms with Gasteiger partial charge in [0.05, 0.1) is 33.0 Å². The molecule has 0 aliphatic carbocycles. The van der Waals surface area contributed by atoms with E-state index in [0.717, 1.165) is 24.0 Å². The van der Waals surface area contributed by atoms with Crippen LogP contribution in [0, 0.1) is 0 Å². The Labute approximate surface area is 234 Å². The Hall–Kier alpha value is -4.13. The average Bonchev–Trinajstić information content (AvgIpc) is 3.37. The maximum absolute atomic E-state index is 12.8. The quantitative estimate of drug-likeness (QED) is 0.269. The lowest BCUT2D eigenvalue weighted by Crippen LogP contribution is -2.37. The van der Waals surface area contributed by atoms with E-state index in [4.69, 9.17) is 14.2 Å². The van der Waals surface area contributed by atoms with Gasteiger partial charge >= 0.3 is 5.69 Å². The van der Waals surface area contributed by atoms with Gasteiger partial charge in [0.2, 0.25) is 5.75 Å². The first kappa shape index (κ1) is 29.4. The van der Waals surface area contributed by atoms with Crippen molar-refractivity contribution >= 4 is 34.1 Å². The third-order valence-corrected chi connectivity index (χ3v) is 6.30. The Morgan fingerprint density at radius 2 is 1.54 bits per heavy atom. The van der Waals surface area contributed by atoms with E-state index in [9.17, 15) is 14.4 Å². The molecular formula is C26H31BrN6O6. The number of halogens is 1. The van der Waals surface area contributed by atoms with Gasteiger partial charge in [0.25, 0.3) is 11.5 Å². The summed E-state index contributed by atoms with van der Waals surface area (Å²) in [4.78, 5) is 45.9. The van der Waals surface area contributed by atoms with Crippen LogP contribution in [-0.2, 0) is 27.2 Å². The molecule has 0 aliphatic heterocycles. The monoisotopic (exact) mass is 602 g/mol. The Balaban J connectivity index is 0.00000420. The van der Waals surface area contributed by atoms with Crippen molar-refractivity contribution in [1.29, 1.82) is 0 Å². The van der Waals surface area contributed by atoms with Crippen molar-refractivity contribution in [1.82, 2.24) is 23.3 Å². The summed E-state index contributed by atoms with van der Waals surface area (Å²) >= 11 is 0. The number of aromatic nitrogens is 5. The standard InChI is InChI=1S/C26H30N6O6.BrH/c1-29-23-21(25(34)30(2)26(29)35)32(16-27-23)11-7-6-10-31-12-8-18(9-13-31)28-24(33)17-14-19(36-3)22(38-5)20(15-17)37-4;/h8-9,12-16H,6-7,10-11H2,1-5H3;1H. The number of carbonyl (C=O) groups is 1. The number of carbonyl (C=O) groups excluding carboxylic acids is 1. The van der Waals surface area contributed by atoms with Gasteiger partial charge in [0.1, 0.15) is 0 Å². The minimum absolute atomic E-state index is 0. The molecule has 3 aromatic heterocycles. The lowest BCUT2D eigenvalue weighted by Gasteiger charge is -2.12. The van der Waals surface area contributed by atoms with Crippen LogP contribution < -0.4 is 30.8 Å². The zero-order chi connectivity index (χ0) is 27.4. The number of rotatable bonds is 9. The van der Waals surface area contributed by atoms with Crippen LogP contribution in [0.15, 0.2) is 57.6 Å². The second-order valence-electron chi connectivity index (χ2n) is 8.65. The molecule has 1 amide bonds. The zero-order valence-corrected chi connectivity index (χ0v) is 24.1. The fourth-order valence-electron chi connectivity index (χ4n) is 4.20. The number of nitrogens with zero attached hydrogens (tertiary/aromatic N) is 6. The van der Waals surface area contributed by atoms with E-state index in [-0.39, 0.29) is 22.5 Å². The molecule has 13 heteroatoms. The van der Waals surface area contributed by atoms with Gasteiger partial charge < -0.3 is 23.3 Å². The van der Waals surface area contributed by atoms with Gasteiger partial charge in [-0.05, 0) is 37.1 Å². The molecule has 39 heavy (non-hydrogen) atoms. The number of methoxy groups -OCH3 is 3. The van der Waals surface area contributed by atoms with Crippen LogP contribution in [0.1, 0.15) is 23.2 Å². The second kappa shape index (κ2) is 12.6. The number of imidazole rings is 1. The van der Waals surface area contributed by atoms with E-state index in [1.54, 1.807) is 42.2 Å². The van der Waals surface area contributed by atoms with Gasteiger partial charge in [0.15, 0.2) is 22.7 Å². The van der Waals surface area contributed by atoms with Crippen LogP contribution in [0.5, 0.6) is 17.2 Å². The van der Waals surface area contributed by atoms with Crippen molar-refractivity contribution in [2.24, 2.45) is 19.1 Å². The summed E-state index contributed by atoms with van der Waals surface area (Å²) in [5.41, 5.74) is 0.371. The van der Waals surface area contributed by atoms with Gasteiger partial charge in [0, 0.05) is 45.1 Å². The molecule has 0 aliphatic rings. The van der Waals surface area contributed by atoms with Gasteiger partial charge in [-0.1, -0.05) is 0 Å². The van der Waals surface area contributed by atoms with E-state index < -0.39 is 11.6 Å². The molecule has 0 radical (unpaired) electrons. The molecule has 1 aromatic carbocycles. The summed E-state index contributed by atoms with van der Waals surface area (Å²) in [5, 5.41) is 0.520. The van der Waals surface area contributed by atoms with E-state index in [2.05, 4.69) is 9.98 Å². The molecule has 0 fully saturated rings. The lowest BCUT2D eigenvalue weighted by molar-refractivity contribution is 0.0997. The number of pyridine rings is 1. The highest BCUT2D eigenvalue weighted by molar-refractivity contribution is 8.93. The number of hydrogen-bond donors (Lipinski definition) is 0. The SMILES string of the molecule is Br.COc1cc(C(=O)N=c2ccn(CCCCn3cnc4c3c(=O)n(C)c(=O)n4C)cc2)cc(OC)c1OC. The molecule has 208 valence electrons. The molecule has 0 saturated carbocycles. The molecule has 12 nitrogen and oxygen atoms in total. The second-order valence-corrected chi connectivity index (χ2v) is 8.65. The first-order valence-electron chi connectivity index (χ1n) is 11.9. The normalized spacial score (nSPS) is 10.7. The minimum Gasteiger partial charge on any atom is -0.493 e. The Kier molecular flexibility index (Phi) is 9.51. The molecular weight excluding hydrogens is 572 g/mol. The van der Waals surface area contributed by atoms with Crippen molar-refractivity contribution in [3.05, 3.63) is 74.7 Å². The van der Waals surface area contributed by atoms with Crippen molar-refractivity contribution < 1.29 is 19.0 Å². The van der Waals surface area contributed by atoms with Gasteiger partial charge in [-0.3, -0.25) is 18.7 Å². The Morgan fingerprint density at radius 1 is 0.923 bits per heavy atom. The number of fused-ring (bicyclic) bond motifs is 1. The number of ether oxygens (including phenoxy) is 3. The van der Waals surface area contributed by atoms with E-state index in [0.29, 0.717) is 45.9 Å². The third-order valence-electron chi connectivity index (χ3n) is 6.30. The zero-order valence-electron chi connectivity index (χ0n) is 22.4. The van der Waals surface area contributed by atoms with Crippen molar-refractivity contribution in [2.75, 3.05) is 21.3 Å². The van der Waals surface area contributed by atoms with E-state index in [1.165, 1.54) is 32.9 Å². The number of aryl methyl sites for hydroxylation is 3. The predicted molar refractivity (Wildman–Crippen MR) is 150 cm³/mol. The van der Waals surface area contributed by atoms with E-state index in [1.807, 2.05) is 17.0 Å². The molecule has 0 saturated heterocycles. The summed E-state index contributed by atoms with van der Waals surface area (Å²) in [7, 11) is 7.54. The average molecular weight is 603 g/mol. The van der Waals surface area contributed by atoms with Crippen LogP contribution in [0.4, 0.5) is 0 Å². The molecule has 0 bridgehead atoms. The summed E-state index contributed by atoms with van der Waals surface area (Å²) in [6.07, 6.45) is 6.96. The molecule has 4 rings (SSSR count). The van der Waals surface area contributed by atoms with Gasteiger partial charge in [-0.2, -0.15) is 0 Å². The third kappa shape index (κ3) is 5.98. The Morgan fingerprint density at radius 3 is 2.13 bits per heavy atom. The molecule has 0 unspecified atom stereocenters. The summed E-state index contributed by atoms with van der Waals surface area (Å²) in [5.74, 6) is 0.730. The molecule has 3 heterocycles. The van der Waals surface area contributed by atoms with Gasteiger partial charge in [-0.25, -0.2) is 14.8 Å². The first-order valence-corrected chi connectivity index (χ1v) is 11.9. The topological polar surface area (TPSA) is 124 Å². The largest absolute Gasteiger partial charge is 0.493 e. The fourth-order valence-corrected chi connectivity index (χ4v) is 4.20. The van der Waals surface area contributed by atoms with Crippen molar-refractivity contribution in [2.45, 2.75) is 25.9 Å². The lowest BCUT2D eigenvalue weighted by atomic mass is 10.1. The first-order chi connectivity index (χ1) is 18.3. The molecule has 4 aromatic rings. The minimum atomic E-state index is -0.432. The van der Waals surface area contributed by atoms with E-state index >= 15 is 0 Å². The summed E-state index contributed by atoms with van der Waals surface area (Å²) in [6.45, 7) is 1.34. The van der Waals surface area contributed by atoms with Crippen molar-refractivity contribution in [3.8, 4) is 17.2 Å².